The second-order valence-electron chi connectivity index (χ2n) is 11.7. The van der Waals surface area contributed by atoms with E-state index in [-0.39, 0.29) is 47.8 Å². The second-order valence-corrected chi connectivity index (χ2v) is 12.1. The maximum absolute atomic E-state index is 14.2. The lowest BCUT2D eigenvalue weighted by atomic mass is 9.82. The van der Waals surface area contributed by atoms with E-state index in [0.29, 0.717) is 68.6 Å². The maximum Gasteiger partial charge on any atom is 0.389 e. The fourth-order valence-electron chi connectivity index (χ4n) is 6.31. The van der Waals surface area contributed by atoms with Crippen molar-refractivity contribution in [2.75, 3.05) is 20.2 Å². The van der Waals surface area contributed by atoms with Gasteiger partial charge in [-0.1, -0.05) is 29.8 Å². The van der Waals surface area contributed by atoms with Gasteiger partial charge in [0.05, 0.1) is 34.0 Å². The van der Waals surface area contributed by atoms with E-state index < -0.39 is 30.4 Å². The molecule has 1 aromatic heterocycles. The average molecular weight is 622 g/mol. The molecule has 0 saturated carbocycles. The Hall–Kier alpha value is -3.18. The number of nitrogens with zero attached hydrogens (tertiary/aromatic N) is 3. The number of methoxy groups -OCH3 is 1. The quantitative estimate of drug-likeness (QED) is 0.359. The zero-order valence-corrected chi connectivity index (χ0v) is 24.7. The van der Waals surface area contributed by atoms with Gasteiger partial charge in [0.2, 0.25) is 5.91 Å². The summed E-state index contributed by atoms with van der Waals surface area (Å²) in [7, 11) is 1.61. The first kappa shape index (κ1) is 31.3. The van der Waals surface area contributed by atoms with Crippen LogP contribution in [0.4, 0.5) is 13.2 Å². The smallest absolute Gasteiger partial charge is 0.389 e. The lowest BCUT2D eigenvalue weighted by molar-refractivity contribution is -0.148. The maximum atomic E-state index is 14.2. The molecule has 232 valence electrons. The number of ether oxygens (including phenoxy) is 1. The molecule has 0 bridgehead atoms. The number of hydrogen-bond acceptors (Lipinski definition) is 5. The third-order valence-electron chi connectivity index (χ3n) is 8.84. The zero-order valence-electron chi connectivity index (χ0n) is 24.0. The number of carbonyl (C=O) groups excluding carboxylic acids is 2. The molecule has 2 heterocycles. The summed E-state index contributed by atoms with van der Waals surface area (Å²) in [5.41, 5.74) is 3.74. The number of carbonyl (C=O) groups is 3. The Morgan fingerprint density at radius 3 is 2.51 bits per heavy atom. The van der Waals surface area contributed by atoms with Crippen molar-refractivity contribution in [2.24, 2.45) is 11.8 Å². The van der Waals surface area contributed by atoms with Gasteiger partial charge in [-0.15, -0.1) is 0 Å². The number of hydrogen-bond donors (Lipinski definition) is 1. The predicted molar refractivity (Wildman–Crippen MR) is 153 cm³/mol. The number of unbranched alkanes of at least 4 members (excludes halogenated alkanes) is 1. The number of aryl methyl sites for hydroxylation is 1. The third-order valence-corrected chi connectivity index (χ3v) is 9.16. The minimum atomic E-state index is -4.25. The number of rotatable bonds is 9. The number of benzene rings is 1. The SMILES string of the molecule is COC1CN(C(=O)C2CCc3c(C4=CCC(C(=O)O)CC4)nn(C(=O)c4c(Cl)cccc4CCCCC(F)(F)F)c3C2)C1. The Bertz CT molecular complexity index is 1430. The second kappa shape index (κ2) is 12.8. The van der Waals surface area contributed by atoms with Crippen molar-refractivity contribution >= 4 is 35.0 Å². The van der Waals surface area contributed by atoms with Crippen LogP contribution in [0.25, 0.3) is 5.57 Å². The molecule has 2 aromatic rings. The van der Waals surface area contributed by atoms with Crippen molar-refractivity contribution in [1.82, 2.24) is 14.7 Å². The first-order valence-electron chi connectivity index (χ1n) is 14.7. The van der Waals surface area contributed by atoms with E-state index in [0.717, 1.165) is 11.1 Å². The molecule has 2 atom stereocenters. The van der Waals surface area contributed by atoms with Crippen molar-refractivity contribution in [3.8, 4) is 0 Å². The minimum absolute atomic E-state index is 0.00461. The number of carboxylic acid groups (broad SMARTS) is 1. The molecule has 1 amide bonds. The Kier molecular flexibility index (Phi) is 9.31. The number of aliphatic carboxylic acids is 1. The predicted octanol–water partition coefficient (Wildman–Crippen LogP) is 5.73. The summed E-state index contributed by atoms with van der Waals surface area (Å²) in [4.78, 5) is 40.8. The summed E-state index contributed by atoms with van der Waals surface area (Å²) in [5.74, 6) is -2.14. The van der Waals surface area contributed by atoms with Gasteiger partial charge in [0.15, 0.2) is 0 Å². The minimum Gasteiger partial charge on any atom is -0.481 e. The van der Waals surface area contributed by atoms with Crippen molar-refractivity contribution in [2.45, 2.75) is 76.5 Å². The van der Waals surface area contributed by atoms with Gasteiger partial charge in [-0.2, -0.15) is 23.0 Å². The number of carboxylic acids is 1. The van der Waals surface area contributed by atoms with Crippen LogP contribution in [0.3, 0.4) is 0 Å². The summed E-state index contributed by atoms with van der Waals surface area (Å²) >= 11 is 6.54. The van der Waals surface area contributed by atoms with Gasteiger partial charge >= 0.3 is 12.1 Å². The lowest BCUT2D eigenvalue weighted by Crippen LogP contribution is -2.56. The van der Waals surface area contributed by atoms with Gasteiger partial charge in [0, 0.05) is 44.5 Å². The molecule has 0 spiro atoms. The molecule has 1 aromatic carbocycles. The van der Waals surface area contributed by atoms with Crippen LogP contribution in [0.1, 0.15) is 77.8 Å². The highest BCUT2D eigenvalue weighted by Gasteiger charge is 2.39. The average Bonchev–Trinajstić information content (AvgIpc) is 3.33. The van der Waals surface area contributed by atoms with Crippen molar-refractivity contribution < 1.29 is 37.4 Å². The molecule has 12 heteroatoms. The van der Waals surface area contributed by atoms with Crippen LogP contribution in [0.5, 0.6) is 0 Å². The van der Waals surface area contributed by atoms with Gasteiger partial charge in [-0.25, -0.2) is 0 Å². The molecule has 5 rings (SSSR count). The molecule has 8 nitrogen and oxygen atoms in total. The number of amides is 1. The van der Waals surface area contributed by atoms with E-state index in [1.165, 1.54) is 4.68 Å². The van der Waals surface area contributed by atoms with Crippen LogP contribution in [-0.4, -0.2) is 70.1 Å². The third kappa shape index (κ3) is 6.82. The van der Waals surface area contributed by atoms with E-state index >= 15 is 0 Å². The van der Waals surface area contributed by atoms with Gasteiger partial charge in [0.25, 0.3) is 5.91 Å². The highest BCUT2D eigenvalue weighted by Crippen LogP contribution is 2.38. The molecule has 2 aliphatic carbocycles. The van der Waals surface area contributed by atoms with Crippen LogP contribution >= 0.6 is 11.6 Å². The summed E-state index contributed by atoms with van der Waals surface area (Å²) < 4.78 is 44.7. The van der Waals surface area contributed by atoms with Crippen LogP contribution in [-0.2, 0) is 33.6 Å². The number of aromatic nitrogens is 2. The molecule has 2 unspecified atom stereocenters. The summed E-state index contributed by atoms with van der Waals surface area (Å²) in [6.07, 6.45) is -0.0971. The number of alkyl halides is 3. The standard InChI is InChI=1S/C31H35ClF3N3O5/c1-43-22-16-37(17-22)28(39)21-12-13-23-25(15-21)38(36-27(23)19-8-10-20(11-9-19)30(41)42)29(40)26-18(6-4-7-24(26)32)5-2-3-14-31(33,34)35/h4,6-8,20-22H,2-3,5,9-17H2,1H3,(H,41,42). The Labute approximate surface area is 252 Å². The molecular weight excluding hydrogens is 587 g/mol. The largest absolute Gasteiger partial charge is 0.481 e. The normalized spacial score (nSPS) is 20.8. The molecule has 3 aliphatic rings. The Morgan fingerprint density at radius 1 is 1.12 bits per heavy atom. The van der Waals surface area contributed by atoms with Crippen LogP contribution in [0.2, 0.25) is 5.02 Å². The van der Waals surface area contributed by atoms with E-state index in [2.05, 4.69) is 0 Å². The summed E-state index contributed by atoms with van der Waals surface area (Å²) in [6.45, 7) is 1.05. The number of fused-ring (bicyclic) bond motifs is 1. The topological polar surface area (TPSA) is 102 Å². The van der Waals surface area contributed by atoms with Gasteiger partial charge in [-0.05, 0) is 68.6 Å². The monoisotopic (exact) mass is 621 g/mol. The molecule has 1 aliphatic heterocycles. The van der Waals surface area contributed by atoms with Gasteiger partial charge < -0.3 is 14.7 Å². The summed E-state index contributed by atoms with van der Waals surface area (Å²) in [6, 6.07) is 4.94. The number of allylic oxidation sites excluding steroid dienone is 2. The molecule has 1 saturated heterocycles. The lowest BCUT2D eigenvalue weighted by Gasteiger charge is -2.40. The van der Waals surface area contributed by atoms with Crippen molar-refractivity contribution in [1.29, 1.82) is 0 Å². The van der Waals surface area contributed by atoms with E-state index in [9.17, 15) is 32.7 Å². The Morgan fingerprint density at radius 2 is 1.86 bits per heavy atom. The van der Waals surface area contributed by atoms with Crippen LogP contribution in [0, 0.1) is 11.8 Å². The highest BCUT2D eigenvalue weighted by atomic mass is 35.5. The highest BCUT2D eigenvalue weighted by molar-refractivity contribution is 6.34. The summed E-state index contributed by atoms with van der Waals surface area (Å²) in [5, 5.41) is 14.4. The van der Waals surface area contributed by atoms with Crippen LogP contribution in [0.15, 0.2) is 24.3 Å². The fraction of sp³-hybridized carbons (Fsp3) is 0.548. The molecule has 1 fully saturated rings. The number of likely N-dealkylation sites (tertiary alicyclic amines) is 1. The van der Waals surface area contributed by atoms with Gasteiger partial charge in [0.1, 0.15) is 0 Å². The first-order valence-corrected chi connectivity index (χ1v) is 15.1. The molecule has 43 heavy (non-hydrogen) atoms. The van der Waals surface area contributed by atoms with E-state index in [1.54, 1.807) is 30.2 Å². The zero-order chi connectivity index (χ0) is 30.9. The molecule has 0 radical (unpaired) electrons. The van der Waals surface area contributed by atoms with Gasteiger partial charge in [-0.3, -0.25) is 14.4 Å². The van der Waals surface area contributed by atoms with Crippen molar-refractivity contribution in [3.05, 3.63) is 57.4 Å². The molecular formula is C31H35ClF3N3O5. The Balaban J connectivity index is 1.47. The van der Waals surface area contributed by atoms with E-state index in [4.69, 9.17) is 21.4 Å². The molecule has 1 N–H and O–H groups in total. The van der Waals surface area contributed by atoms with E-state index in [1.807, 2.05) is 6.08 Å². The van der Waals surface area contributed by atoms with Crippen molar-refractivity contribution in [3.63, 3.8) is 0 Å². The first-order chi connectivity index (χ1) is 20.5. The van der Waals surface area contributed by atoms with Crippen LogP contribution < -0.4 is 0 Å². The fourth-order valence-corrected chi connectivity index (χ4v) is 6.59. The number of halogens is 4.